The smallest absolute Gasteiger partial charge is 0.329 e. The van der Waals surface area contributed by atoms with Gasteiger partial charge in [0.1, 0.15) is 18.3 Å². The SMILES string of the molecule is CC1(C)[C@H]2N([C@@H]3O[C@H](CO)[C@@H](O)[C@H]3O)C(=O)N(Cc3ccccc3)C(=O)[C@@]2(F)C1(C)C. The first-order valence-corrected chi connectivity index (χ1v) is 10.4. The van der Waals surface area contributed by atoms with E-state index >= 15 is 4.39 Å². The number of amides is 3. The molecule has 170 valence electrons. The highest BCUT2D eigenvalue weighted by Gasteiger charge is 2.82. The number of carbonyl (C=O) groups is 2. The van der Waals surface area contributed by atoms with E-state index in [1.165, 1.54) is 0 Å². The fourth-order valence-electron chi connectivity index (χ4n) is 5.30. The topological polar surface area (TPSA) is 111 Å². The molecular formula is C22H29FN2O6. The minimum absolute atomic E-state index is 0.140. The molecule has 9 heteroatoms. The zero-order valence-corrected chi connectivity index (χ0v) is 18.0. The Balaban J connectivity index is 1.79. The van der Waals surface area contributed by atoms with Gasteiger partial charge in [0.15, 0.2) is 6.23 Å². The first-order valence-electron chi connectivity index (χ1n) is 10.4. The van der Waals surface area contributed by atoms with Crippen LogP contribution in [0.4, 0.5) is 9.18 Å². The predicted molar refractivity (Wildman–Crippen MR) is 107 cm³/mol. The van der Waals surface area contributed by atoms with Gasteiger partial charge in [-0.3, -0.25) is 14.6 Å². The molecule has 0 spiro atoms. The largest absolute Gasteiger partial charge is 0.394 e. The van der Waals surface area contributed by atoms with Crippen LogP contribution in [0.5, 0.6) is 0 Å². The summed E-state index contributed by atoms with van der Waals surface area (Å²) in [6.45, 7) is 6.09. The van der Waals surface area contributed by atoms with Crippen LogP contribution in [0.2, 0.25) is 0 Å². The minimum atomic E-state index is -2.41. The van der Waals surface area contributed by atoms with Crippen LogP contribution in [0.3, 0.4) is 0 Å². The van der Waals surface area contributed by atoms with Crippen LogP contribution in [0.25, 0.3) is 0 Å². The van der Waals surface area contributed by atoms with Gasteiger partial charge in [-0.2, -0.15) is 0 Å². The summed E-state index contributed by atoms with van der Waals surface area (Å²) in [4.78, 5) is 28.8. The molecule has 0 bridgehead atoms. The quantitative estimate of drug-likeness (QED) is 0.650. The molecule has 2 aliphatic heterocycles. The van der Waals surface area contributed by atoms with E-state index in [-0.39, 0.29) is 6.54 Å². The Morgan fingerprint density at radius 2 is 1.68 bits per heavy atom. The second-order valence-corrected chi connectivity index (χ2v) is 9.76. The molecule has 2 saturated heterocycles. The molecule has 1 saturated carbocycles. The molecule has 31 heavy (non-hydrogen) atoms. The average molecular weight is 436 g/mol. The molecule has 6 atom stereocenters. The second-order valence-electron chi connectivity index (χ2n) is 9.76. The number of hydrogen-bond donors (Lipinski definition) is 3. The van der Waals surface area contributed by atoms with Gasteiger partial charge in [0.2, 0.25) is 5.67 Å². The molecule has 0 unspecified atom stereocenters. The normalized spacial score (nSPS) is 38.8. The summed E-state index contributed by atoms with van der Waals surface area (Å²) >= 11 is 0. The number of aliphatic hydroxyl groups excluding tert-OH is 3. The van der Waals surface area contributed by atoms with Crippen LogP contribution in [0.15, 0.2) is 30.3 Å². The Labute approximate surface area is 180 Å². The number of fused-ring (bicyclic) bond motifs is 1. The summed E-state index contributed by atoms with van der Waals surface area (Å²) in [5.74, 6) is -0.918. The first kappa shape index (κ1) is 22.1. The standard InChI is InChI=1S/C22H29FN2O6/c1-20(2)17-22(23,21(20,3)4)18(29)24(10-12-8-6-5-7-9-12)19(30)25(17)16-15(28)14(27)13(11-26)31-16/h5-9,13-17,26-28H,10-11H2,1-4H3/t13-,14-,15-,16-,17-,22-/m1/s1. The van der Waals surface area contributed by atoms with Gasteiger partial charge < -0.3 is 20.1 Å². The first-order chi connectivity index (χ1) is 14.4. The van der Waals surface area contributed by atoms with Gasteiger partial charge in [-0.25, -0.2) is 9.18 Å². The highest BCUT2D eigenvalue weighted by atomic mass is 19.1. The molecule has 2 heterocycles. The minimum Gasteiger partial charge on any atom is -0.394 e. The number of imide groups is 1. The molecule has 1 aromatic rings. The van der Waals surface area contributed by atoms with Gasteiger partial charge in [-0.15, -0.1) is 0 Å². The number of hydrogen-bond acceptors (Lipinski definition) is 6. The molecule has 4 rings (SSSR count). The second kappa shape index (κ2) is 6.96. The Morgan fingerprint density at radius 1 is 1.06 bits per heavy atom. The van der Waals surface area contributed by atoms with Crippen molar-refractivity contribution < 1.29 is 34.0 Å². The average Bonchev–Trinajstić information content (AvgIpc) is 3.02. The molecule has 3 fully saturated rings. The summed E-state index contributed by atoms with van der Waals surface area (Å²) in [5.41, 5.74) is -3.72. The monoisotopic (exact) mass is 436 g/mol. The van der Waals surface area contributed by atoms with E-state index in [0.29, 0.717) is 5.56 Å². The maximum Gasteiger partial charge on any atom is 0.329 e. The van der Waals surface area contributed by atoms with Crippen molar-refractivity contribution in [3.05, 3.63) is 35.9 Å². The molecule has 1 aliphatic carbocycles. The number of alkyl halides is 1. The van der Waals surface area contributed by atoms with E-state index in [4.69, 9.17) is 4.74 Å². The third-order valence-electron chi connectivity index (χ3n) is 7.84. The molecule has 8 nitrogen and oxygen atoms in total. The van der Waals surface area contributed by atoms with Crippen molar-refractivity contribution in [3.8, 4) is 0 Å². The van der Waals surface area contributed by atoms with E-state index in [9.17, 15) is 24.9 Å². The van der Waals surface area contributed by atoms with Crippen molar-refractivity contribution in [1.82, 2.24) is 9.80 Å². The molecule has 1 aromatic carbocycles. The lowest BCUT2D eigenvalue weighted by Gasteiger charge is -2.72. The Hall–Kier alpha value is -2.07. The van der Waals surface area contributed by atoms with Crippen LogP contribution in [-0.2, 0) is 16.1 Å². The van der Waals surface area contributed by atoms with E-state index in [1.807, 2.05) is 0 Å². The van der Waals surface area contributed by atoms with Crippen molar-refractivity contribution >= 4 is 11.9 Å². The van der Waals surface area contributed by atoms with E-state index < -0.39 is 65.6 Å². The van der Waals surface area contributed by atoms with Crippen molar-refractivity contribution in [1.29, 1.82) is 0 Å². The predicted octanol–water partition coefficient (Wildman–Crippen LogP) is 1.03. The number of carbonyl (C=O) groups excluding carboxylic acids is 2. The number of ether oxygens (including phenoxy) is 1. The van der Waals surface area contributed by atoms with Gasteiger partial charge in [0.25, 0.3) is 5.91 Å². The highest BCUT2D eigenvalue weighted by Crippen LogP contribution is 2.68. The van der Waals surface area contributed by atoms with Gasteiger partial charge in [0.05, 0.1) is 19.2 Å². The van der Waals surface area contributed by atoms with Crippen LogP contribution in [0.1, 0.15) is 33.3 Å². The fourth-order valence-corrected chi connectivity index (χ4v) is 5.30. The van der Waals surface area contributed by atoms with E-state index in [1.54, 1.807) is 58.0 Å². The van der Waals surface area contributed by atoms with Gasteiger partial charge in [-0.1, -0.05) is 58.0 Å². The Morgan fingerprint density at radius 3 is 2.23 bits per heavy atom. The number of urea groups is 1. The number of halogens is 1. The van der Waals surface area contributed by atoms with Gasteiger partial charge in [-0.05, 0) is 11.0 Å². The lowest BCUT2D eigenvalue weighted by atomic mass is 9.40. The molecule has 3 amide bonds. The summed E-state index contributed by atoms with van der Waals surface area (Å²) in [7, 11) is 0. The van der Waals surface area contributed by atoms with Gasteiger partial charge in [0, 0.05) is 5.41 Å². The lowest BCUT2D eigenvalue weighted by molar-refractivity contribution is -0.279. The number of benzene rings is 1. The number of rotatable bonds is 4. The maximum atomic E-state index is 16.6. The van der Waals surface area contributed by atoms with Crippen LogP contribution in [0, 0.1) is 10.8 Å². The molecule has 3 aliphatic rings. The molecule has 0 radical (unpaired) electrons. The zero-order valence-electron chi connectivity index (χ0n) is 18.0. The van der Waals surface area contributed by atoms with Crippen LogP contribution >= 0.6 is 0 Å². The summed E-state index contributed by atoms with van der Waals surface area (Å²) in [6.07, 6.45) is -5.54. The summed E-state index contributed by atoms with van der Waals surface area (Å²) < 4.78 is 22.2. The third-order valence-corrected chi connectivity index (χ3v) is 7.84. The van der Waals surface area contributed by atoms with E-state index in [2.05, 4.69) is 0 Å². The number of aliphatic hydroxyl groups is 3. The van der Waals surface area contributed by atoms with Crippen molar-refractivity contribution in [2.45, 2.75) is 70.5 Å². The third kappa shape index (κ3) is 2.67. The van der Waals surface area contributed by atoms with Gasteiger partial charge >= 0.3 is 6.03 Å². The van der Waals surface area contributed by atoms with Crippen molar-refractivity contribution in [2.24, 2.45) is 10.8 Å². The molecular weight excluding hydrogens is 407 g/mol. The molecule has 0 aromatic heterocycles. The fraction of sp³-hybridized carbons (Fsp3) is 0.636. The highest BCUT2D eigenvalue weighted by molar-refractivity contribution is 6.04. The summed E-state index contributed by atoms with van der Waals surface area (Å²) in [5, 5.41) is 30.3. The number of nitrogens with zero attached hydrogens (tertiary/aromatic N) is 2. The van der Waals surface area contributed by atoms with Crippen LogP contribution < -0.4 is 0 Å². The Kier molecular flexibility index (Phi) is 4.97. The van der Waals surface area contributed by atoms with E-state index in [0.717, 1.165) is 9.80 Å². The van der Waals surface area contributed by atoms with Crippen molar-refractivity contribution in [2.75, 3.05) is 6.61 Å². The Bertz CT molecular complexity index is 893. The maximum absolute atomic E-state index is 16.6. The zero-order chi connectivity index (χ0) is 22.9. The van der Waals surface area contributed by atoms with Crippen molar-refractivity contribution in [3.63, 3.8) is 0 Å². The lowest BCUT2D eigenvalue weighted by Crippen LogP contribution is -2.88. The molecule has 3 N–H and O–H groups in total. The van der Waals surface area contributed by atoms with Crippen LogP contribution in [-0.4, -0.2) is 79.9 Å². The summed E-state index contributed by atoms with van der Waals surface area (Å²) in [6, 6.07) is 6.75.